The van der Waals surface area contributed by atoms with Crippen LogP contribution in [0.2, 0.25) is 0 Å². The highest BCUT2D eigenvalue weighted by Gasteiger charge is 2.10. The number of aliphatic hydroxyl groups excluding tert-OH is 1. The highest BCUT2D eigenvalue weighted by molar-refractivity contribution is 7.10. The monoisotopic (exact) mass is 299 g/mol. The van der Waals surface area contributed by atoms with Crippen LogP contribution in [0.1, 0.15) is 32.8 Å². The Kier molecular flexibility index (Phi) is 5.15. The van der Waals surface area contributed by atoms with Gasteiger partial charge >= 0.3 is 0 Å². The Morgan fingerprint density at radius 2 is 2.19 bits per heavy atom. The van der Waals surface area contributed by atoms with Crippen molar-refractivity contribution in [1.82, 2.24) is 0 Å². The molecule has 2 rings (SSSR count). The summed E-state index contributed by atoms with van der Waals surface area (Å²) < 4.78 is 0. The average Bonchev–Trinajstić information content (AvgIpc) is 2.93. The summed E-state index contributed by atoms with van der Waals surface area (Å²) in [6.45, 7) is 4.06. The van der Waals surface area contributed by atoms with Crippen LogP contribution in [0.3, 0.4) is 0 Å². The van der Waals surface area contributed by atoms with Crippen molar-refractivity contribution >= 4 is 22.9 Å². The van der Waals surface area contributed by atoms with E-state index in [9.17, 15) is 4.79 Å². The van der Waals surface area contributed by atoms with Crippen LogP contribution in [0.25, 0.3) is 0 Å². The molecule has 1 aromatic heterocycles. The SMILES string of the molecule is Cc1cccc(NC(=O)c2csc(C#CCCO)c2)c1C. The number of benzene rings is 1. The van der Waals surface area contributed by atoms with E-state index < -0.39 is 0 Å². The Hall–Kier alpha value is -2.09. The Labute approximate surface area is 128 Å². The van der Waals surface area contributed by atoms with Crippen molar-refractivity contribution in [3.63, 3.8) is 0 Å². The molecule has 0 aliphatic rings. The fourth-order valence-corrected chi connectivity index (χ4v) is 2.56. The van der Waals surface area contributed by atoms with Crippen LogP contribution < -0.4 is 5.32 Å². The number of nitrogens with one attached hydrogen (secondary N) is 1. The molecule has 1 aromatic carbocycles. The van der Waals surface area contributed by atoms with Crippen LogP contribution in [-0.4, -0.2) is 17.6 Å². The van der Waals surface area contributed by atoms with E-state index in [4.69, 9.17) is 5.11 Å². The maximum Gasteiger partial charge on any atom is 0.256 e. The van der Waals surface area contributed by atoms with Gasteiger partial charge in [-0.15, -0.1) is 11.3 Å². The van der Waals surface area contributed by atoms with E-state index in [-0.39, 0.29) is 12.5 Å². The van der Waals surface area contributed by atoms with Gasteiger partial charge in [-0.2, -0.15) is 0 Å². The second kappa shape index (κ2) is 7.07. The van der Waals surface area contributed by atoms with Crippen molar-refractivity contribution in [3.8, 4) is 11.8 Å². The molecule has 0 aliphatic carbocycles. The molecule has 0 aliphatic heterocycles. The van der Waals surface area contributed by atoms with E-state index in [1.54, 1.807) is 11.4 Å². The van der Waals surface area contributed by atoms with Crippen LogP contribution in [0, 0.1) is 25.7 Å². The van der Waals surface area contributed by atoms with Crippen LogP contribution >= 0.6 is 11.3 Å². The number of anilines is 1. The van der Waals surface area contributed by atoms with Crippen molar-refractivity contribution in [2.24, 2.45) is 0 Å². The molecule has 3 nitrogen and oxygen atoms in total. The van der Waals surface area contributed by atoms with Gasteiger partial charge in [-0.25, -0.2) is 0 Å². The maximum atomic E-state index is 12.2. The largest absolute Gasteiger partial charge is 0.395 e. The molecule has 0 saturated heterocycles. The molecular weight excluding hydrogens is 282 g/mol. The zero-order valence-electron chi connectivity index (χ0n) is 12.1. The number of aliphatic hydroxyl groups is 1. The minimum absolute atomic E-state index is 0.0539. The zero-order chi connectivity index (χ0) is 15.2. The predicted molar refractivity (Wildman–Crippen MR) is 86.8 cm³/mol. The van der Waals surface area contributed by atoms with Gasteiger partial charge in [0, 0.05) is 17.5 Å². The second-order valence-electron chi connectivity index (χ2n) is 4.68. The standard InChI is InChI=1S/C17H17NO2S/c1-12-6-5-8-16(13(12)2)18-17(20)14-10-15(21-11-14)7-3-4-9-19/h5-6,8,10-11,19H,4,9H2,1-2H3,(H,18,20). The first-order valence-electron chi connectivity index (χ1n) is 6.67. The Balaban J connectivity index is 2.11. The third-order valence-electron chi connectivity index (χ3n) is 3.16. The first-order valence-corrected chi connectivity index (χ1v) is 7.55. The van der Waals surface area contributed by atoms with Gasteiger partial charge in [-0.05, 0) is 37.1 Å². The molecule has 0 atom stereocenters. The Morgan fingerprint density at radius 1 is 1.38 bits per heavy atom. The van der Waals surface area contributed by atoms with Crippen LogP contribution in [0.15, 0.2) is 29.6 Å². The van der Waals surface area contributed by atoms with Gasteiger partial charge in [0.25, 0.3) is 5.91 Å². The number of hydrogen-bond acceptors (Lipinski definition) is 3. The van der Waals surface area contributed by atoms with Gasteiger partial charge in [0.15, 0.2) is 0 Å². The molecule has 2 N–H and O–H groups in total. The minimum atomic E-state index is -0.129. The van der Waals surface area contributed by atoms with Crippen LogP contribution in [0.5, 0.6) is 0 Å². The zero-order valence-corrected chi connectivity index (χ0v) is 12.9. The molecule has 108 valence electrons. The van der Waals surface area contributed by atoms with Crippen molar-refractivity contribution < 1.29 is 9.90 Å². The normalized spacial score (nSPS) is 9.86. The van der Waals surface area contributed by atoms with Crippen LogP contribution in [-0.2, 0) is 0 Å². The van der Waals surface area contributed by atoms with Gasteiger partial charge in [0.2, 0.25) is 0 Å². The fourth-order valence-electron chi connectivity index (χ4n) is 1.81. The van der Waals surface area contributed by atoms with E-state index in [0.717, 1.165) is 21.7 Å². The summed E-state index contributed by atoms with van der Waals surface area (Å²) in [5.74, 6) is 5.65. The van der Waals surface area contributed by atoms with Crippen molar-refractivity contribution in [3.05, 3.63) is 51.2 Å². The Bertz CT molecular complexity index is 707. The Morgan fingerprint density at radius 3 is 2.95 bits per heavy atom. The van der Waals surface area contributed by atoms with Crippen LogP contribution in [0.4, 0.5) is 5.69 Å². The number of amides is 1. The number of rotatable bonds is 3. The lowest BCUT2D eigenvalue weighted by molar-refractivity contribution is 0.102. The number of thiophene rings is 1. The first-order chi connectivity index (χ1) is 10.1. The quantitative estimate of drug-likeness (QED) is 0.854. The summed E-state index contributed by atoms with van der Waals surface area (Å²) in [7, 11) is 0. The first kappa shape index (κ1) is 15.3. The summed E-state index contributed by atoms with van der Waals surface area (Å²) in [5, 5.41) is 13.4. The maximum absolute atomic E-state index is 12.2. The third kappa shape index (κ3) is 3.94. The molecule has 0 unspecified atom stereocenters. The molecule has 4 heteroatoms. The highest BCUT2D eigenvalue weighted by Crippen LogP contribution is 2.20. The average molecular weight is 299 g/mol. The van der Waals surface area contributed by atoms with Gasteiger partial charge in [-0.1, -0.05) is 24.0 Å². The summed E-state index contributed by atoms with van der Waals surface area (Å²) in [6, 6.07) is 7.62. The predicted octanol–water partition coefficient (Wildman–Crippen LogP) is 3.35. The number of hydrogen-bond donors (Lipinski definition) is 2. The van der Waals surface area contributed by atoms with E-state index in [2.05, 4.69) is 17.2 Å². The lowest BCUT2D eigenvalue weighted by atomic mass is 10.1. The van der Waals surface area contributed by atoms with Gasteiger partial charge in [0.1, 0.15) is 0 Å². The molecule has 1 amide bonds. The summed E-state index contributed by atoms with van der Waals surface area (Å²) >= 11 is 1.43. The molecule has 21 heavy (non-hydrogen) atoms. The van der Waals surface area contributed by atoms with Gasteiger partial charge < -0.3 is 10.4 Å². The topological polar surface area (TPSA) is 49.3 Å². The summed E-state index contributed by atoms with van der Waals surface area (Å²) in [4.78, 5) is 13.1. The molecule has 0 spiro atoms. The number of carbonyl (C=O) groups is 1. The third-order valence-corrected chi connectivity index (χ3v) is 4.01. The van der Waals surface area contributed by atoms with E-state index >= 15 is 0 Å². The van der Waals surface area contributed by atoms with E-state index in [1.165, 1.54) is 11.3 Å². The van der Waals surface area contributed by atoms with Gasteiger partial charge in [-0.3, -0.25) is 4.79 Å². The molecule has 0 fully saturated rings. The fraction of sp³-hybridized carbons (Fsp3) is 0.235. The lowest BCUT2D eigenvalue weighted by Crippen LogP contribution is -2.12. The lowest BCUT2D eigenvalue weighted by Gasteiger charge is -2.09. The van der Waals surface area contributed by atoms with E-state index in [1.807, 2.05) is 32.0 Å². The van der Waals surface area contributed by atoms with E-state index in [0.29, 0.717) is 12.0 Å². The molecule has 0 radical (unpaired) electrons. The summed E-state index contributed by atoms with van der Waals surface area (Å²) in [6.07, 6.45) is 0.446. The smallest absolute Gasteiger partial charge is 0.256 e. The van der Waals surface area contributed by atoms with Crippen molar-refractivity contribution in [2.45, 2.75) is 20.3 Å². The number of carbonyl (C=O) groups excluding carboxylic acids is 1. The minimum Gasteiger partial charge on any atom is -0.395 e. The van der Waals surface area contributed by atoms with Gasteiger partial charge in [0.05, 0.1) is 17.0 Å². The molecule has 2 aromatic rings. The molecule has 1 heterocycles. The van der Waals surface area contributed by atoms with Crippen molar-refractivity contribution in [2.75, 3.05) is 11.9 Å². The second-order valence-corrected chi connectivity index (χ2v) is 5.59. The summed E-state index contributed by atoms with van der Waals surface area (Å²) in [5.41, 5.74) is 3.66. The highest BCUT2D eigenvalue weighted by atomic mass is 32.1. The van der Waals surface area contributed by atoms with Crippen molar-refractivity contribution in [1.29, 1.82) is 0 Å². The molecular formula is C17H17NO2S. The number of aryl methyl sites for hydroxylation is 1. The molecule has 0 bridgehead atoms. The molecule has 0 saturated carbocycles.